The molecule has 306 valence electrons. The Bertz CT molecular complexity index is 1710. The Morgan fingerprint density at radius 1 is 0.473 bits per heavy atom. The first kappa shape index (κ1) is 54.5. The third-order valence-corrected chi connectivity index (χ3v) is 7.83. The van der Waals surface area contributed by atoms with E-state index in [1.165, 1.54) is 33.5 Å². The maximum atomic E-state index is 5.09. The van der Waals surface area contributed by atoms with Crippen LogP contribution < -0.4 is 0 Å². The largest absolute Gasteiger partial charge is 0.334 e. The molecule has 3 aromatic heterocycles. The minimum absolute atomic E-state index is 0. The lowest BCUT2D eigenvalue weighted by Gasteiger charge is -2.06. The summed E-state index contributed by atoms with van der Waals surface area (Å²) in [5.41, 5.74) is 9.63. The zero-order valence-corrected chi connectivity index (χ0v) is 34.7. The Hall–Kier alpha value is -4.85. The highest BCUT2D eigenvalue weighted by Gasteiger charge is 2.09. The summed E-state index contributed by atoms with van der Waals surface area (Å²) in [6.45, 7) is 30.8. The van der Waals surface area contributed by atoms with Gasteiger partial charge in [-0.1, -0.05) is 164 Å². The van der Waals surface area contributed by atoms with Crippen molar-refractivity contribution in [2.45, 2.75) is 144 Å². The molecular formula is C47H76N6O2. The van der Waals surface area contributed by atoms with E-state index in [1.54, 1.807) is 0 Å². The fraction of sp³-hybridized carbons (Fsp3) is 0.468. The number of hydrogen-bond donors (Lipinski definition) is 0. The molecule has 6 rings (SSSR count). The van der Waals surface area contributed by atoms with E-state index in [2.05, 4.69) is 122 Å². The summed E-state index contributed by atoms with van der Waals surface area (Å²) in [6.07, 6.45) is 1.93. The van der Waals surface area contributed by atoms with E-state index in [9.17, 15) is 0 Å². The maximum absolute atomic E-state index is 5.09. The SMILES string of the molecule is C.C.C.CC.CC.CC.Cc1c(-c2ccc(C(C)C)cc2)cnn1C.Cc1noc(-c2ccc(C(C)C)cc2)n1.Cc1noc(-c2ccc(C(C)C)cc2)n1. The van der Waals surface area contributed by atoms with Gasteiger partial charge in [-0.2, -0.15) is 15.1 Å². The van der Waals surface area contributed by atoms with Gasteiger partial charge in [-0.25, -0.2) is 0 Å². The van der Waals surface area contributed by atoms with Crippen LogP contribution in [0.1, 0.15) is 157 Å². The predicted octanol–water partition coefficient (Wildman–Crippen LogP) is 14.8. The average Bonchev–Trinajstić information content (AvgIpc) is 3.91. The van der Waals surface area contributed by atoms with Gasteiger partial charge in [0, 0.05) is 29.4 Å². The molecule has 0 saturated carbocycles. The minimum Gasteiger partial charge on any atom is -0.334 e. The number of aromatic nitrogens is 6. The monoisotopic (exact) mass is 757 g/mol. The summed E-state index contributed by atoms with van der Waals surface area (Å²) in [5, 5.41) is 11.8. The van der Waals surface area contributed by atoms with Gasteiger partial charge < -0.3 is 9.05 Å². The summed E-state index contributed by atoms with van der Waals surface area (Å²) >= 11 is 0. The average molecular weight is 757 g/mol. The Labute approximate surface area is 336 Å². The molecule has 8 nitrogen and oxygen atoms in total. The topological polar surface area (TPSA) is 95.7 Å². The molecule has 8 heteroatoms. The van der Waals surface area contributed by atoms with Crippen molar-refractivity contribution in [1.82, 2.24) is 30.1 Å². The summed E-state index contributed by atoms with van der Waals surface area (Å²) < 4.78 is 12.1. The molecule has 0 aliphatic rings. The van der Waals surface area contributed by atoms with Crippen LogP contribution in [0.4, 0.5) is 0 Å². The highest BCUT2D eigenvalue weighted by atomic mass is 16.5. The second kappa shape index (κ2) is 28.6. The molecule has 0 radical (unpaired) electrons. The number of aryl methyl sites for hydroxylation is 3. The van der Waals surface area contributed by atoms with Gasteiger partial charge in [-0.15, -0.1) is 0 Å². The van der Waals surface area contributed by atoms with Crippen LogP contribution in [-0.2, 0) is 7.05 Å². The first-order valence-corrected chi connectivity index (χ1v) is 18.8. The summed E-state index contributed by atoms with van der Waals surface area (Å²) in [5.74, 6) is 4.18. The predicted molar refractivity (Wildman–Crippen MR) is 239 cm³/mol. The van der Waals surface area contributed by atoms with E-state index in [0.29, 0.717) is 41.2 Å². The molecule has 0 aliphatic carbocycles. The van der Waals surface area contributed by atoms with Crippen LogP contribution in [0, 0.1) is 20.8 Å². The maximum Gasteiger partial charge on any atom is 0.257 e. The summed E-state index contributed by atoms with van der Waals surface area (Å²) in [7, 11) is 1.97. The van der Waals surface area contributed by atoms with Gasteiger partial charge in [0.15, 0.2) is 11.6 Å². The van der Waals surface area contributed by atoms with Crippen LogP contribution in [0.25, 0.3) is 34.0 Å². The first-order chi connectivity index (χ1) is 24.9. The molecule has 55 heavy (non-hydrogen) atoms. The minimum atomic E-state index is 0. The van der Waals surface area contributed by atoms with E-state index in [4.69, 9.17) is 9.05 Å². The van der Waals surface area contributed by atoms with Crippen molar-refractivity contribution in [3.8, 4) is 34.0 Å². The van der Waals surface area contributed by atoms with Crippen LogP contribution in [-0.4, -0.2) is 30.1 Å². The normalized spacial score (nSPS) is 9.51. The summed E-state index contributed by atoms with van der Waals surface area (Å²) in [6, 6.07) is 25.2. The van der Waals surface area contributed by atoms with Gasteiger partial charge in [0.2, 0.25) is 0 Å². The van der Waals surface area contributed by atoms with Crippen LogP contribution >= 0.6 is 0 Å². The smallest absolute Gasteiger partial charge is 0.257 e. The quantitative estimate of drug-likeness (QED) is 0.167. The van der Waals surface area contributed by atoms with Gasteiger partial charge in [0.25, 0.3) is 11.8 Å². The lowest BCUT2D eigenvalue weighted by atomic mass is 9.99. The molecule has 3 heterocycles. The lowest BCUT2D eigenvalue weighted by Crippen LogP contribution is -1.92. The highest BCUT2D eigenvalue weighted by molar-refractivity contribution is 5.65. The van der Waals surface area contributed by atoms with Crippen molar-refractivity contribution >= 4 is 0 Å². The van der Waals surface area contributed by atoms with Gasteiger partial charge in [0.05, 0.1) is 6.20 Å². The van der Waals surface area contributed by atoms with Crippen molar-refractivity contribution in [2.75, 3.05) is 0 Å². The summed E-state index contributed by atoms with van der Waals surface area (Å²) in [4.78, 5) is 8.36. The molecule has 0 spiro atoms. The van der Waals surface area contributed by atoms with Gasteiger partial charge in [-0.3, -0.25) is 4.68 Å². The van der Waals surface area contributed by atoms with Crippen molar-refractivity contribution in [2.24, 2.45) is 7.05 Å². The standard InChI is InChI=1S/C14H18N2.2C12H14N2O.3C2H6.3CH4/c1-10(2)12-5-7-13(8-6-12)14-9-15-16(4)11(14)3;2*1-8(2)10-4-6-11(7-5-10)12-13-9(3)14-15-12;3*1-2;;;/h5-10H,1-4H3;2*4-8H,1-3H3;3*1-2H3;3*1H4. The zero-order valence-electron chi connectivity index (χ0n) is 34.7. The Balaban J connectivity index is -0.000000672. The molecule has 0 aliphatic heterocycles. The van der Waals surface area contributed by atoms with Crippen molar-refractivity contribution in [3.63, 3.8) is 0 Å². The molecule has 0 amide bonds. The second-order valence-electron chi connectivity index (χ2n) is 12.4. The third-order valence-electron chi connectivity index (χ3n) is 7.83. The van der Waals surface area contributed by atoms with E-state index >= 15 is 0 Å². The molecule has 0 atom stereocenters. The van der Waals surface area contributed by atoms with Crippen molar-refractivity contribution < 1.29 is 9.05 Å². The first-order valence-electron chi connectivity index (χ1n) is 18.8. The zero-order chi connectivity index (χ0) is 39.4. The van der Waals surface area contributed by atoms with E-state index in [-0.39, 0.29) is 22.3 Å². The molecule has 0 fully saturated rings. The number of hydrogen-bond acceptors (Lipinski definition) is 7. The third kappa shape index (κ3) is 17.0. The molecule has 0 bridgehead atoms. The Morgan fingerprint density at radius 2 is 0.764 bits per heavy atom. The number of benzene rings is 3. The van der Waals surface area contributed by atoms with Crippen molar-refractivity contribution in [3.05, 3.63) is 113 Å². The fourth-order valence-corrected chi connectivity index (χ4v) is 4.68. The molecule has 0 unspecified atom stereocenters. The van der Waals surface area contributed by atoms with E-state index in [1.807, 2.05) is 97.6 Å². The van der Waals surface area contributed by atoms with Crippen LogP contribution in [0.15, 0.2) is 88.0 Å². The van der Waals surface area contributed by atoms with Crippen LogP contribution in [0.2, 0.25) is 0 Å². The number of rotatable bonds is 6. The number of nitrogens with zero attached hydrogens (tertiary/aromatic N) is 6. The van der Waals surface area contributed by atoms with E-state index in [0.717, 1.165) is 11.1 Å². The van der Waals surface area contributed by atoms with Gasteiger partial charge >= 0.3 is 0 Å². The second-order valence-corrected chi connectivity index (χ2v) is 12.4. The molecular weight excluding hydrogens is 681 g/mol. The Morgan fingerprint density at radius 3 is 0.982 bits per heavy atom. The van der Waals surface area contributed by atoms with Crippen LogP contribution in [0.5, 0.6) is 0 Å². The van der Waals surface area contributed by atoms with Gasteiger partial charge in [0.1, 0.15) is 0 Å². The van der Waals surface area contributed by atoms with E-state index < -0.39 is 0 Å². The molecule has 0 N–H and O–H groups in total. The lowest BCUT2D eigenvalue weighted by molar-refractivity contribution is 0.425. The van der Waals surface area contributed by atoms with Gasteiger partial charge in [-0.05, 0) is 85.0 Å². The Kier molecular flexibility index (Phi) is 28.3. The molecule has 3 aromatic carbocycles. The highest BCUT2D eigenvalue weighted by Crippen LogP contribution is 2.25. The molecule has 0 saturated heterocycles. The van der Waals surface area contributed by atoms with Crippen LogP contribution in [0.3, 0.4) is 0 Å². The fourth-order valence-electron chi connectivity index (χ4n) is 4.68. The molecule has 6 aromatic rings. The van der Waals surface area contributed by atoms with Crippen molar-refractivity contribution in [1.29, 1.82) is 0 Å².